The molecule has 0 unspecified atom stereocenters. The first-order chi connectivity index (χ1) is 13.3. The molecule has 1 aliphatic rings. The Morgan fingerprint density at radius 3 is 2.46 bits per heavy atom. The van der Waals surface area contributed by atoms with Crippen LogP contribution < -0.4 is 10.6 Å². The number of aryl methyl sites for hydroxylation is 1. The van der Waals surface area contributed by atoms with Crippen molar-refractivity contribution in [3.63, 3.8) is 0 Å². The largest absolute Gasteiger partial charge is 0.351 e. The Kier molecular flexibility index (Phi) is 9.35. The van der Waals surface area contributed by atoms with Gasteiger partial charge in [0.15, 0.2) is 5.71 Å². The van der Waals surface area contributed by atoms with Crippen LogP contribution in [0.25, 0.3) is 0 Å². The van der Waals surface area contributed by atoms with Gasteiger partial charge in [0.2, 0.25) is 0 Å². The van der Waals surface area contributed by atoms with Crippen LogP contribution in [0, 0.1) is 18.7 Å². The number of carbonyl (C=O) groups is 2. The molecule has 2 N–H and O–H groups in total. The highest BCUT2D eigenvalue weighted by Gasteiger charge is 2.25. The van der Waals surface area contributed by atoms with Crippen LogP contribution >= 0.6 is 0 Å². The van der Waals surface area contributed by atoms with Crippen LogP contribution in [-0.2, 0) is 9.59 Å². The van der Waals surface area contributed by atoms with Crippen molar-refractivity contribution in [2.75, 3.05) is 26.0 Å². The van der Waals surface area contributed by atoms with E-state index in [0.717, 1.165) is 18.4 Å². The molecule has 0 atom stereocenters. The van der Waals surface area contributed by atoms with Crippen LogP contribution in [0.4, 0.5) is 10.1 Å². The van der Waals surface area contributed by atoms with E-state index < -0.39 is 11.7 Å². The summed E-state index contributed by atoms with van der Waals surface area (Å²) in [5, 5.41) is 11.4. The van der Waals surface area contributed by atoms with E-state index in [2.05, 4.69) is 15.7 Å². The van der Waals surface area contributed by atoms with Gasteiger partial charge >= 0.3 is 0 Å². The zero-order chi connectivity index (χ0) is 21.3. The molecule has 7 heteroatoms. The second kappa shape index (κ2) is 11.2. The van der Waals surface area contributed by atoms with Gasteiger partial charge in [-0.05, 0) is 50.3 Å². The smallest absolute Gasteiger partial charge is 0.273 e. The third kappa shape index (κ3) is 7.13. The van der Waals surface area contributed by atoms with E-state index >= 15 is 0 Å². The van der Waals surface area contributed by atoms with Crippen LogP contribution in [0.15, 0.2) is 34.6 Å². The molecule has 1 fully saturated rings. The minimum Gasteiger partial charge on any atom is -0.351 e. The van der Waals surface area contributed by atoms with Crippen molar-refractivity contribution >= 4 is 23.6 Å². The van der Waals surface area contributed by atoms with Gasteiger partial charge in [0.05, 0.1) is 11.4 Å². The normalized spacial score (nSPS) is 14.3. The topological polar surface area (TPSA) is 73.8 Å². The average molecular weight is 391 g/mol. The summed E-state index contributed by atoms with van der Waals surface area (Å²) in [4.78, 5) is 24.0. The SMILES string of the molecule is C/C(C=O)=C(Nc1ccc(C)cc1F)/C(=N\N(C)C)C(=O)NCC1CC1.CC. The molecule has 0 radical (unpaired) electrons. The molecule has 0 heterocycles. The van der Waals surface area contributed by atoms with E-state index in [-0.39, 0.29) is 22.7 Å². The molecule has 0 spiro atoms. The maximum absolute atomic E-state index is 14.2. The van der Waals surface area contributed by atoms with Gasteiger partial charge in [-0.3, -0.25) is 9.59 Å². The summed E-state index contributed by atoms with van der Waals surface area (Å²) >= 11 is 0. The number of carbonyl (C=O) groups excluding carboxylic acids is 2. The Labute approximate surface area is 166 Å². The molecule has 0 aliphatic heterocycles. The Morgan fingerprint density at radius 2 is 1.96 bits per heavy atom. The van der Waals surface area contributed by atoms with Crippen LogP contribution in [-0.4, -0.2) is 43.6 Å². The second-order valence-corrected chi connectivity index (χ2v) is 6.73. The first kappa shape index (κ1) is 23.3. The zero-order valence-corrected chi connectivity index (χ0v) is 17.6. The van der Waals surface area contributed by atoms with E-state index in [9.17, 15) is 14.0 Å². The lowest BCUT2D eigenvalue weighted by molar-refractivity contribution is -0.114. The van der Waals surface area contributed by atoms with Crippen molar-refractivity contribution in [3.8, 4) is 0 Å². The molecular weight excluding hydrogens is 359 g/mol. The average Bonchev–Trinajstić information content (AvgIpc) is 3.49. The molecule has 0 aromatic heterocycles. The summed E-state index contributed by atoms with van der Waals surface area (Å²) < 4.78 is 14.2. The number of nitrogens with zero attached hydrogens (tertiary/aromatic N) is 2. The molecule has 1 aromatic carbocycles. The first-order valence-corrected chi connectivity index (χ1v) is 9.55. The van der Waals surface area contributed by atoms with Crippen molar-refractivity contribution in [2.24, 2.45) is 11.0 Å². The second-order valence-electron chi connectivity index (χ2n) is 6.73. The minimum absolute atomic E-state index is 0.0419. The molecule has 154 valence electrons. The molecule has 1 amide bonds. The Balaban J connectivity index is 0.00000190. The van der Waals surface area contributed by atoms with Crippen LogP contribution in [0.3, 0.4) is 0 Å². The van der Waals surface area contributed by atoms with Crippen LogP contribution in [0.1, 0.15) is 39.2 Å². The Morgan fingerprint density at radius 1 is 1.32 bits per heavy atom. The van der Waals surface area contributed by atoms with Crippen molar-refractivity contribution in [3.05, 3.63) is 40.8 Å². The van der Waals surface area contributed by atoms with Crippen molar-refractivity contribution < 1.29 is 14.0 Å². The molecular formula is C21H31FN4O2. The molecule has 2 rings (SSSR count). The highest BCUT2D eigenvalue weighted by molar-refractivity contribution is 6.46. The number of nitrogens with one attached hydrogen (secondary N) is 2. The highest BCUT2D eigenvalue weighted by Crippen LogP contribution is 2.27. The number of amides is 1. The summed E-state index contributed by atoms with van der Waals surface area (Å²) in [6.07, 6.45) is 2.82. The van der Waals surface area contributed by atoms with E-state index in [1.807, 2.05) is 13.8 Å². The maximum atomic E-state index is 14.2. The number of allylic oxidation sites excluding steroid dienone is 1. The van der Waals surface area contributed by atoms with Crippen LogP contribution in [0.2, 0.25) is 0 Å². The van der Waals surface area contributed by atoms with Gasteiger partial charge in [-0.1, -0.05) is 19.9 Å². The third-order valence-corrected chi connectivity index (χ3v) is 3.96. The third-order valence-electron chi connectivity index (χ3n) is 3.96. The van der Waals surface area contributed by atoms with Gasteiger partial charge in [0.1, 0.15) is 12.1 Å². The summed E-state index contributed by atoms with van der Waals surface area (Å²) in [7, 11) is 3.35. The lowest BCUT2D eigenvalue weighted by Crippen LogP contribution is -2.37. The van der Waals surface area contributed by atoms with E-state index in [0.29, 0.717) is 18.7 Å². The predicted octanol–water partition coefficient (Wildman–Crippen LogP) is 3.49. The Bertz CT molecular complexity index is 753. The molecule has 6 nitrogen and oxygen atoms in total. The molecule has 28 heavy (non-hydrogen) atoms. The summed E-state index contributed by atoms with van der Waals surface area (Å²) in [5.41, 5.74) is 1.43. The molecule has 1 saturated carbocycles. The number of anilines is 1. The van der Waals surface area contributed by atoms with Crippen LogP contribution in [0.5, 0.6) is 0 Å². The van der Waals surface area contributed by atoms with Gasteiger partial charge in [-0.25, -0.2) is 4.39 Å². The monoisotopic (exact) mass is 390 g/mol. The van der Waals surface area contributed by atoms with Gasteiger partial charge in [0.25, 0.3) is 5.91 Å². The fourth-order valence-electron chi connectivity index (χ4n) is 2.31. The zero-order valence-electron chi connectivity index (χ0n) is 17.6. The van der Waals surface area contributed by atoms with Crippen molar-refractivity contribution in [1.29, 1.82) is 0 Å². The number of hydrogen-bond acceptors (Lipinski definition) is 5. The minimum atomic E-state index is -0.469. The Hall–Kier alpha value is -2.70. The molecule has 0 bridgehead atoms. The summed E-state index contributed by atoms with van der Waals surface area (Å²) in [6, 6.07) is 4.69. The van der Waals surface area contributed by atoms with Gasteiger partial charge in [-0.15, -0.1) is 0 Å². The van der Waals surface area contributed by atoms with Crippen molar-refractivity contribution in [1.82, 2.24) is 10.3 Å². The summed E-state index contributed by atoms with van der Waals surface area (Å²) in [5.74, 6) is -0.368. The molecule has 0 saturated heterocycles. The van der Waals surface area contributed by atoms with E-state index in [1.54, 1.807) is 40.1 Å². The van der Waals surface area contributed by atoms with E-state index in [1.165, 1.54) is 11.1 Å². The number of benzene rings is 1. The van der Waals surface area contributed by atoms with Gasteiger partial charge in [-0.2, -0.15) is 5.10 Å². The lowest BCUT2D eigenvalue weighted by atomic mass is 10.1. The number of halogens is 1. The fraction of sp³-hybridized carbons (Fsp3) is 0.476. The maximum Gasteiger partial charge on any atom is 0.273 e. The number of aldehydes is 1. The highest BCUT2D eigenvalue weighted by atomic mass is 19.1. The number of hydrazone groups is 1. The van der Waals surface area contributed by atoms with Gasteiger partial charge in [0, 0.05) is 26.2 Å². The van der Waals surface area contributed by atoms with Gasteiger partial charge < -0.3 is 15.6 Å². The number of hydrogen-bond donors (Lipinski definition) is 2. The van der Waals surface area contributed by atoms with Crippen molar-refractivity contribution in [2.45, 2.75) is 40.5 Å². The fourth-order valence-corrected chi connectivity index (χ4v) is 2.31. The predicted molar refractivity (Wildman–Crippen MR) is 112 cm³/mol. The summed E-state index contributed by atoms with van der Waals surface area (Å²) in [6.45, 7) is 7.91. The number of rotatable bonds is 8. The quantitative estimate of drug-likeness (QED) is 0.308. The first-order valence-electron chi connectivity index (χ1n) is 9.55. The molecule has 1 aromatic rings. The lowest BCUT2D eigenvalue weighted by Gasteiger charge is -2.17. The van der Waals surface area contributed by atoms with E-state index in [4.69, 9.17) is 0 Å². The molecule has 1 aliphatic carbocycles. The standard InChI is InChI=1S/C19H25FN4O2.C2H6/c1-12-5-8-16(15(20)9-12)22-17(13(2)11-25)18(23-24(3)4)19(26)21-10-14-6-7-14;1-2/h5,8-9,11,14,22H,6-7,10H2,1-4H3,(H,21,26);1-2H3/b17-13+,23-18+;.